The van der Waals surface area contributed by atoms with Gasteiger partial charge in [-0.25, -0.2) is 0 Å². The zero-order valence-corrected chi connectivity index (χ0v) is 14.6. The molecule has 1 amide bonds. The Kier molecular flexibility index (Phi) is 5.56. The van der Waals surface area contributed by atoms with E-state index in [-0.39, 0.29) is 12.0 Å². The highest BCUT2D eigenvalue weighted by Crippen LogP contribution is 2.20. The van der Waals surface area contributed by atoms with Crippen LogP contribution >= 0.6 is 0 Å². The summed E-state index contributed by atoms with van der Waals surface area (Å²) < 4.78 is 16.7. The van der Waals surface area contributed by atoms with Gasteiger partial charge < -0.3 is 19.1 Å². The van der Waals surface area contributed by atoms with Crippen LogP contribution in [0.4, 0.5) is 0 Å². The summed E-state index contributed by atoms with van der Waals surface area (Å²) in [5.74, 6) is 1.51. The fourth-order valence-electron chi connectivity index (χ4n) is 2.76. The molecule has 1 fully saturated rings. The topological polar surface area (TPSA) is 48.0 Å². The predicted molar refractivity (Wildman–Crippen MR) is 95.3 cm³/mol. The molecule has 2 aromatic carbocycles. The normalized spacial score (nSPS) is 17.2. The molecule has 0 bridgehead atoms. The van der Waals surface area contributed by atoms with E-state index in [2.05, 4.69) is 0 Å². The maximum atomic E-state index is 12.6. The number of hydrogen-bond donors (Lipinski definition) is 0. The van der Waals surface area contributed by atoms with Gasteiger partial charge in [0.2, 0.25) is 0 Å². The molecule has 0 unspecified atom stereocenters. The molecule has 1 saturated heterocycles. The van der Waals surface area contributed by atoms with Crippen molar-refractivity contribution in [1.82, 2.24) is 4.90 Å². The second-order valence-corrected chi connectivity index (χ2v) is 6.10. The van der Waals surface area contributed by atoms with Gasteiger partial charge in [0.15, 0.2) is 0 Å². The number of benzene rings is 2. The van der Waals surface area contributed by atoms with E-state index in [4.69, 9.17) is 14.2 Å². The Balaban J connectivity index is 1.57. The minimum atomic E-state index is -0.144. The van der Waals surface area contributed by atoms with Crippen LogP contribution < -0.4 is 9.47 Å². The third-order valence-corrected chi connectivity index (χ3v) is 4.20. The maximum Gasteiger partial charge on any atom is 0.254 e. The number of carbonyl (C=O) groups excluding carboxylic acids is 1. The smallest absolute Gasteiger partial charge is 0.254 e. The van der Waals surface area contributed by atoms with E-state index in [1.165, 1.54) is 0 Å². The molecule has 132 valence electrons. The van der Waals surface area contributed by atoms with Crippen molar-refractivity contribution in [3.05, 3.63) is 59.7 Å². The van der Waals surface area contributed by atoms with Crippen molar-refractivity contribution >= 4 is 5.91 Å². The van der Waals surface area contributed by atoms with Crippen LogP contribution in [0.1, 0.15) is 15.9 Å². The van der Waals surface area contributed by atoms with Gasteiger partial charge >= 0.3 is 0 Å². The molecule has 1 heterocycles. The van der Waals surface area contributed by atoms with Crippen molar-refractivity contribution in [2.75, 3.05) is 33.4 Å². The fraction of sp³-hybridized carbons (Fsp3) is 0.350. The van der Waals surface area contributed by atoms with Crippen molar-refractivity contribution in [2.24, 2.45) is 0 Å². The Bertz CT molecular complexity index is 714. The van der Waals surface area contributed by atoms with Crippen LogP contribution in [0.5, 0.6) is 11.5 Å². The maximum absolute atomic E-state index is 12.6. The Hall–Kier alpha value is -2.53. The Morgan fingerprint density at radius 3 is 2.72 bits per heavy atom. The van der Waals surface area contributed by atoms with E-state index in [9.17, 15) is 4.79 Å². The van der Waals surface area contributed by atoms with E-state index in [1.54, 1.807) is 7.11 Å². The van der Waals surface area contributed by atoms with Gasteiger partial charge in [0.25, 0.3) is 5.91 Å². The molecular weight excluding hydrogens is 318 g/mol. The molecule has 3 rings (SSSR count). The molecule has 0 spiro atoms. The Morgan fingerprint density at radius 1 is 1.20 bits per heavy atom. The van der Waals surface area contributed by atoms with Crippen molar-refractivity contribution in [2.45, 2.75) is 13.0 Å². The highest BCUT2D eigenvalue weighted by Gasteiger charge is 2.25. The number of carbonyl (C=O) groups is 1. The van der Waals surface area contributed by atoms with Crippen LogP contribution in [0.25, 0.3) is 0 Å². The second kappa shape index (κ2) is 8.03. The summed E-state index contributed by atoms with van der Waals surface area (Å²) >= 11 is 0. The van der Waals surface area contributed by atoms with Crippen LogP contribution in [-0.4, -0.2) is 50.3 Å². The summed E-state index contributed by atoms with van der Waals surface area (Å²) in [6.07, 6.45) is -0.144. The van der Waals surface area contributed by atoms with E-state index < -0.39 is 0 Å². The number of nitrogens with zero attached hydrogens (tertiary/aromatic N) is 1. The van der Waals surface area contributed by atoms with Gasteiger partial charge in [-0.3, -0.25) is 4.79 Å². The monoisotopic (exact) mass is 341 g/mol. The average Bonchev–Trinajstić information content (AvgIpc) is 2.67. The second-order valence-electron chi connectivity index (χ2n) is 6.10. The molecule has 1 atom stereocenters. The molecule has 25 heavy (non-hydrogen) atoms. The molecule has 0 aromatic heterocycles. The van der Waals surface area contributed by atoms with Crippen molar-refractivity contribution in [3.8, 4) is 11.5 Å². The van der Waals surface area contributed by atoms with Gasteiger partial charge in [-0.15, -0.1) is 0 Å². The van der Waals surface area contributed by atoms with Crippen molar-refractivity contribution in [1.29, 1.82) is 0 Å². The van der Waals surface area contributed by atoms with E-state index >= 15 is 0 Å². The number of methoxy groups -OCH3 is 1. The first-order chi connectivity index (χ1) is 12.2. The minimum absolute atomic E-state index is 0.0367. The van der Waals surface area contributed by atoms with Gasteiger partial charge in [0.1, 0.15) is 24.2 Å². The van der Waals surface area contributed by atoms with Crippen LogP contribution in [0.15, 0.2) is 48.5 Å². The lowest BCUT2D eigenvalue weighted by Gasteiger charge is -2.33. The summed E-state index contributed by atoms with van der Waals surface area (Å²) in [6, 6.07) is 15.1. The number of ether oxygens (including phenoxy) is 3. The highest BCUT2D eigenvalue weighted by molar-refractivity contribution is 5.94. The van der Waals surface area contributed by atoms with Crippen LogP contribution in [0.3, 0.4) is 0 Å². The summed E-state index contributed by atoms with van der Waals surface area (Å²) in [5, 5.41) is 0. The molecule has 5 heteroatoms. The number of rotatable bonds is 5. The Labute approximate surface area is 148 Å². The standard InChI is InChI=1S/C20H23NO4/c1-15-6-8-16(9-7-15)20(22)21-10-11-24-19(13-21)14-25-18-5-3-4-17(12-18)23-2/h3-9,12,19H,10-11,13-14H2,1-2H3/t19-/m0/s1. The molecule has 0 N–H and O–H groups in total. The summed E-state index contributed by atoms with van der Waals surface area (Å²) in [4.78, 5) is 14.5. The average molecular weight is 341 g/mol. The molecule has 1 aliphatic heterocycles. The van der Waals surface area contributed by atoms with Crippen molar-refractivity contribution in [3.63, 3.8) is 0 Å². The molecular formula is C20H23NO4. The molecule has 1 aliphatic rings. The molecule has 0 saturated carbocycles. The van der Waals surface area contributed by atoms with Gasteiger partial charge in [0.05, 0.1) is 20.3 Å². The molecule has 2 aromatic rings. The van der Waals surface area contributed by atoms with E-state index in [0.29, 0.717) is 31.9 Å². The van der Waals surface area contributed by atoms with Crippen LogP contribution in [0, 0.1) is 6.92 Å². The largest absolute Gasteiger partial charge is 0.497 e. The minimum Gasteiger partial charge on any atom is -0.497 e. The fourth-order valence-corrected chi connectivity index (χ4v) is 2.76. The lowest BCUT2D eigenvalue weighted by atomic mass is 10.1. The third-order valence-electron chi connectivity index (χ3n) is 4.20. The van der Waals surface area contributed by atoms with Gasteiger partial charge in [-0.05, 0) is 31.2 Å². The summed E-state index contributed by atoms with van der Waals surface area (Å²) in [7, 11) is 1.62. The third kappa shape index (κ3) is 4.51. The quantitative estimate of drug-likeness (QED) is 0.839. The first kappa shape index (κ1) is 17.3. The lowest BCUT2D eigenvalue weighted by molar-refractivity contribution is -0.0401. The number of morpholine rings is 1. The van der Waals surface area contributed by atoms with Gasteiger partial charge in [0, 0.05) is 18.2 Å². The highest BCUT2D eigenvalue weighted by atomic mass is 16.5. The van der Waals surface area contributed by atoms with E-state index in [1.807, 2.05) is 60.4 Å². The molecule has 0 aliphatic carbocycles. The predicted octanol–water partition coefficient (Wildman–Crippen LogP) is 2.92. The number of aryl methyl sites for hydroxylation is 1. The number of amides is 1. The molecule has 0 radical (unpaired) electrons. The van der Waals surface area contributed by atoms with Crippen molar-refractivity contribution < 1.29 is 19.0 Å². The van der Waals surface area contributed by atoms with Crippen LogP contribution in [-0.2, 0) is 4.74 Å². The molecule has 5 nitrogen and oxygen atoms in total. The van der Waals surface area contributed by atoms with Gasteiger partial charge in [-0.1, -0.05) is 23.8 Å². The first-order valence-corrected chi connectivity index (χ1v) is 8.40. The lowest BCUT2D eigenvalue weighted by Crippen LogP contribution is -2.47. The number of hydrogen-bond acceptors (Lipinski definition) is 4. The van der Waals surface area contributed by atoms with Crippen LogP contribution in [0.2, 0.25) is 0 Å². The SMILES string of the molecule is COc1cccc(OC[C@@H]2CN(C(=O)c3ccc(C)cc3)CCO2)c1. The van der Waals surface area contributed by atoms with E-state index in [0.717, 1.165) is 17.1 Å². The Morgan fingerprint density at radius 2 is 1.96 bits per heavy atom. The first-order valence-electron chi connectivity index (χ1n) is 8.40. The zero-order chi connectivity index (χ0) is 17.6. The summed E-state index contributed by atoms with van der Waals surface area (Å²) in [6.45, 7) is 4.04. The zero-order valence-electron chi connectivity index (χ0n) is 14.6. The van der Waals surface area contributed by atoms with Gasteiger partial charge in [-0.2, -0.15) is 0 Å². The summed E-state index contributed by atoms with van der Waals surface area (Å²) in [5.41, 5.74) is 1.85.